The monoisotopic (exact) mass is 452 g/mol. The molecule has 0 radical (unpaired) electrons. The Bertz CT molecular complexity index is 1110. The Labute approximate surface area is 181 Å². The third-order valence-electron chi connectivity index (χ3n) is 5.34. The number of hydrogen-bond acceptors (Lipinski definition) is 5. The van der Waals surface area contributed by atoms with Gasteiger partial charge in [-0.1, -0.05) is 11.6 Å². The lowest BCUT2D eigenvalue weighted by atomic mass is 9.91. The van der Waals surface area contributed by atoms with E-state index in [0.717, 1.165) is 23.4 Å². The molecule has 10 heteroatoms. The van der Waals surface area contributed by atoms with Crippen molar-refractivity contribution in [1.82, 2.24) is 14.5 Å². The van der Waals surface area contributed by atoms with Gasteiger partial charge in [0.25, 0.3) is 0 Å². The average Bonchev–Trinajstić information content (AvgIpc) is 3.02. The molecule has 0 saturated carbocycles. The van der Waals surface area contributed by atoms with Gasteiger partial charge in [-0.25, -0.2) is 9.97 Å². The van der Waals surface area contributed by atoms with E-state index in [9.17, 15) is 18.0 Å². The summed E-state index contributed by atoms with van der Waals surface area (Å²) in [6, 6.07) is 3.58. The molecule has 1 atom stereocenters. The second-order valence-electron chi connectivity index (χ2n) is 7.36. The van der Waals surface area contributed by atoms with Crippen molar-refractivity contribution in [2.75, 3.05) is 11.9 Å². The van der Waals surface area contributed by atoms with E-state index in [-0.39, 0.29) is 19.2 Å². The summed E-state index contributed by atoms with van der Waals surface area (Å²) in [4.78, 5) is 20.4. The van der Waals surface area contributed by atoms with Crippen LogP contribution in [0.4, 0.5) is 19.1 Å². The molecule has 0 bridgehead atoms. The number of anilines is 1. The number of hydrogen-bond donors (Lipinski definition) is 1. The van der Waals surface area contributed by atoms with Crippen LogP contribution in [0, 0.1) is 0 Å². The average molecular weight is 453 g/mol. The van der Waals surface area contributed by atoms with Crippen LogP contribution in [0.1, 0.15) is 30.2 Å². The predicted molar refractivity (Wildman–Crippen MR) is 110 cm³/mol. The highest BCUT2D eigenvalue weighted by atomic mass is 35.5. The van der Waals surface area contributed by atoms with Crippen molar-refractivity contribution in [1.29, 1.82) is 0 Å². The third kappa shape index (κ3) is 4.46. The van der Waals surface area contributed by atoms with Gasteiger partial charge >= 0.3 is 12.1 Å². The normalized spacial score (nSPS) is 16.2. The third-order valence-corrected chi connectivity index (χ3v) is 5.54. The van der Waals surface area contributed by atoms with E-state index < -0.39 is 17.7 Å². The summed E-state index contributed by atoms with van der Waals surface area (Å²) < 4.78 is 46.9. The first-order chi connectivity index (χ1) is 14.8. The van der Waals surface area contributed by atoms with Crippen molar-refractivity contribution in [3.8, 4) is 0 Å². The first-order valence-corrected chi connectivity index (χ1v) is 10.2. The zero-order valence-corrected chi connectivity index (χ0v) is 17.4. The first kappa shape index (κ1) is 21.4. The standard InChI is InChI=1S/C21H20ClF3N4O2/c1-2-31-19(30)11-29-17-5-3-12(21(23,24)25)7-15(17)16-8-14(4-6-18(16)29)28-20-26-9-13(22)10-27-20/h3,5,7,9-10,14H,2,4,6,8,11H2,1H3,(H,26,27,28). The zero-order chi connectivity index (χ0) is 22.2. The molecule has 2 aromatic heterocycles. The Morgan fingerprint density at radius 1 is 1.32 bits per heavy atom. The summed E-state index contributed by atoms with van der Waals surface area (Å²) in [5, 5.41) is 4.14. The van der Waals surface area contributed by atoms with Crippen LogP contribution in [0.5, 0.6) is 0 Å². The Morgan fingerprint density at radius 3 is 2.74 bits per heavy atom. The molecule has 0 saturated heterocycles. The van der Waals surface area contributed by atoms with Crippen LogP contribution in [0.2, 0.25) is 5.02 Å². The minimum absolute atomic E-state index is 0.0383. The van der Waals surface area contributed by atoms with Crippen LogP contribution in [-0.2, 0) is 35.1 Å². The minimum Gasteiger partial charge on any atom is -0.465 e. The van der Waals surface area contributed by atoms with Crippen molar-refractivity contribution in [3.63, 3.8) is 0 Å². The van der Waals surface area contributed by atoms with Gasteiger partial charge in [0.2, 0.25) is 5.95 Å². The van der Waals surface area contributed by atoms with Gasteiger partial charge in [0.05, 0.1) is 29.6 Å². The molecule has 3 aromatic rings. The topological polar surface area (TPSA) is 69.0 Å². The number of carbonyl (C=O) groups excluding carboxylic acids is 1. The number of rotatable bonds is 5. The second-order valence-corrected chi connectivity index (χ2v) is 7.79. The number of carbonyl (C=O) groups is 1. The summed E-state index contributed by atoms with van der Waals surface area (Å²) in [6.07, 6.45) is 0.293. The summed E-state index contributed by atoms with van der Waals surface area (Å²) in [5.41, 5.74) is 1.53. The van der Waals surface area contributed by atoms with Crippen LogP contribution in [0.15, 0.2) is 30.6 Å². The Balaban J connectivity index is 1.72. The first-order valence-electron chi connectivity index (χ1n) is 9.87. The van der Waals surface area contributed by atoms with E-state index in [4.69, 9.17) is 16.3 Å². The number of benzene rings is 1. The molecule has 2 heterocycles. The second kappa shape index (κ2) is 8.37. The number of alkyl halides is 3. The smallest absolute Gasteiger partial charge is 0.416 e. The van der Waals surface area contributed by atoms with Crippen LogP contribution >= 0.6 is 11.6 Å². The van der Waals surface area contributed by atoms with Crippen molar-refractivity contribution < 1.29 is 22.7 Å². The molecule has 0 aliphatic heterocycles. The number of nitrogens with one attached hydrogen (secondary N) is 1. The van der Waals surface area contributed by atoms with Gasteiger partial charge in [0.1, 0.15) is 6.54 Å². The van der Waals surface area contributed by atoms with E-state index >= 15 is 0 Å². The summed E-state index contributed by atoms with van der Waals surface area (Å²) in [6.45, 7) is 1.92. The fraction of sp³-hybridized carbons (Fsp3) is 0.381. The Morgan fingerprint density at radius 2 is 2.06 bits per heavy atom. The SMILES string of the molecule is CCOC(=O)Cn1c2c(c3cc(C(F)(F)F)ccc31)CC(Nc1ncc(Cl)cn1)CC2. The van der Waals surface area contributed by atoms with E-state index in [1.54, 1.807) is 11.5 Å². The predicted octanol–water partition coefficient (Wildman–Crippen LogP) is 4.64. The van der Waals surface area contributed by atoms with E-state index in [1.165, 1.54) is 18.5 Å². The molecule has 1 unspecified atom stereocenters. The number of nitrogens with zero attached hydrogens (tertiary/aromatic N) is 3. The van der Waals surface area contributed by atoms with E-state index in [2.05, 4.69) is 15.3 Å². The number of ether oxygens (including phenoxy) is 1. The zero-order valence-electron chi connectivity index (χ0n) is 16.7. The van der Waals surface area contributed by atoms with Gasteiger partial charge < -0.3 is 14.6 Å². The maximum absolute atomic E-state index is 13.3. The number of halogens is 4. The van der Waals surface area contributed by atoms with Crippen LogP contribution in [-0.4, -0.2) is 33.2 Å². The molecule has 0 fully saturated rings. The molecule has 0 spiro atoms. The van der Waals surface area contributed by atoms with E-state index in [1.807, 2.05) is 0 Å². The maximum Gasteiger partial charge on any atom is 0.416 e. The van der Waals surface area contributed by atoms with Gasteiger partial charge in [-0.3, -0.25) is 4.79 Å². The molecule has 6 nitrogen and oxygen atoms in total. The minimum atomic E-state index is -4.45. The lowest BCUT2D eigenvalue weighted by Crippen LogP contribution is -2.29. The van der Waals surface area contributed by atoms with Crippen molar-refractivity contribution in [2.45, 2.75) is 44.9 Å². The van der Waals surface area contributed by atoms with Gasteiger partial charge in [-0.15, -0.1) is 0 Å². The molecular weight excluding hydrogens is 433 g/mol. The van der Waals surface area contributed by atoms with Crippen LogP contribution < -0.4 is 5.32 Å². The summed E-state index contributed by atoms with van der Waals surface area (Å²) >= 11 is 5.82. The number of aromatic nitrogens is 3. The molecular formula is C21H20ClF3N4O2. The van der Waals surface area contributed by atoms with Gasteiger partial charge in [-0.05, 0) is 49.9 Å². The van der Waals surface area contributed by atoms with Crippen LogP contribution in [0.25, 0.3) is 10.9 Å². The maximum atomic E-state index is 13.3. The van der Waals surface area contributed by atoms with Crippen molar-refractivity contribution >= 4 is 34.4 Å². The molecule has 1 aromatic carbocycles. The van der Waals surface area contributed by atoms with Gasteiger partial charge in [0.15, 0.2) is 0 Å². The lowest BCUT2D eigenvalue weighted by Gasteiger charge is -2.25. The molecule has 1 aliphatic carbocycles. The molecule has 31 heavy (non-hydrogen) atoms. The summed E-state index contributed by atoms with van der Waals surface area (Å²) in [5.74, 6) is -0.0130. The molecule has 4 rings (SSSR count). The van der Waals surface area contributed by atoms with Gasteiger partial charge in [-0.2, -0.15) is 13.2 Å². The van der Waals surface area contributed by atoms with Crippen molar-refractivity contribution in [2.24, 2.45) is 0 Å². The Hall–Kier alpha value is -2.81. The van der Waals surface area contributed by atoms with Crippen molar-refractivity contribution in [3.05, 3.63) is 52.4 Å². The highest BCUT2D eigenvalue weighted by molar-refractivity contribution is 6.30. The highest BCUT2D eigenvalue weighted by Gasteiger charge is 2.33. The lowest BCUT2D eigenvalue weighted by molar-refractivity contribution is -0.143. The highest BCUT2D eigenvalue weighted by Crippen LogP contribution is 2.37. The fourth-order valence-electron chi connectivity index (χ4n) is 4.04. The molecule has 1 N–H and O–H groups in total. The molecule has 164 valence electrons. The number of esters is 1. The quantitative estimate of drug-likeness (QED) is 0.571. The summed E-state index contributed by atoms with van der Waals surface area (Å²) in [7, 11) is 0. The largest absolute Gasteiger partial charge is 0.465 e. The van der Waals surface area contributed by atoms with Crippen LogP contribution in [0.3, 0.4) is 0 Å². The molecule has 1 aliphatic rings. The molecule has 0 amide bonds. The van der Waals surface area contributed by atoms with Gasteiger partial charge in [0, 0.05) is 22.6 Å². The number of fused-ring (bicyclic) bond motifs is 3. The van der Waals surface area contributed by atoms with E-state index in [0.29, 0.717) is 41.1 Å². The Kier molecular flexibility index (Phi) is 5.79. The fourth-order valence-corrected chi connectivity index (χ4v) is 4.13.